The minimum atomic E-state index is -0.0749. The van der Waals surface area contributed by atoms with Crippen LogP contribution >= 0.6 is 0 Å². The fourth-order valence-electron chi connectivity index (χ4n) is 2.95. The number of rotatable bonds is 4. The van der Waals surface area contributed by atoms with Crippen molar-refractivity contribution in [1.82, 2.24) is 15.1 Å². The molecule has 2 aliphatic heterocycles. The third kappa shape index (κ3) is 4.23. The number of morpholine rings is 1. The number of piperazine rings is 1. The molecule has 1 aromatic carbocycles. The van der Waals surface area contributed by atoms with Crippen molar-refractivity contribution in [1.29, 1.82) is 0 Å². The van der Waals surface area contributed by atoms with Gasteiger partial charge in [-0.1, -0.05) is 12.1 Å². The first kappa shape index (κ1) is 14.9. The van der Waals surface area contributed by atoms with Gasteiger partial charge in [-0.15, -0.1) is 0 Å². The van der Waals surface area contributed by atoms with Crippen molar-refractivity contribution >= 4 is 0 Å². The molecule has 2 aliphatic rings. The van der Waals surface area contributed by atoms with Gasteiger partial charge in [0.05, 0.1) is 13.2 Å². The zero-order valence-corrected chi connectivity index (χ0v) is 12.5. The van der Waals surface area contributed by atoms with Crippen LogP contribution in [0.5, 0.6) is 0 Å². The van der Waals surface area contributed by atoms with Crippen LogP contribution in [0.15, 0.2) is 18.2 Å². The lowest BCUT2D eigenvalue weighted by Gasteiger charge is -2.28. The molecule has 0 spiro atoms. The highest BCUT2D eigenvalue weighted by atomic mass is 19.1. The van der Waals surface area contributed by atoms with Gasteiger partial charge in [0.15, 0.2) is 0 Å². The molecule has 21 heavy (non-hydrogen) atoms. The summed E-state index contributed by atoms with van der Waals surface area (Å²) in [5, 5.41) is 3.34. The van der Waals surface area contributed by atoms with E-state index in [1.807, 2.05) is 6.07 Å². The molecule has 0 aliphatic carbocycles. The largest absolute Gasteiger partial charge is 0.379 e. The number of nitrogens with one attached hydrogen (secondary N) is 1. The molecule has 2 fully saturated rings. The van der Waals surface area contributed by atoms with Crippen molar-refractivity contribution in [3.63, 3.8) is 0 Å². The summed E-state index contributed by atoms with van der Waals surface area (Å²) in [6.45, 7) is 8.94. The van der Waals surface area contributed by atoms with Gasteiger partial charge in [0.25, 0.3) is 0 Å². The van der Waals surface area contributed by atoms with Gasteiger partial charge >= 0.3 is 0 Å². The summed E-state index contributed by atoms with van der Waals surface area (Å²) in [6, 6.07) is 5.72. The van der Waals surface area contributed by atoms with E-state index < -0.39 is 0 Å². The Kier molecular flexibility index (Phi) is 5.19. The lowest BCUT2D eigenvalue weighted by molar-refractivity contribution is 0.0337. The Hall–Kier alpha value is -1.01. The molecule has 2 heterocycles. The smallest absolute Gasteiger partial charge is 0.128 e. The van der Waals surface area contributed by atoms with E-state index in [0.717, 1.165) is 70.2 Å². The zero-order chi connectivity index (χ0) is 14.5. The monoisotopic (exact) mass is 293 g/mol. The van der Waals surface area contributed by atoms with Crippen LogP contribution in [-0.4, -0.2) is 62.3 Å². The molecule has 0 saturated carbocycles. The molecule has 0 atom stereocenters. The summed E-state index contributed by atoms with van der Waals surface area (Å²) in [5.74, 6) is -0.0749. The molecule has 0 radical (unpaired) electrons. The van der Waals surface area contributed by atoms with Crippen LogP contribution in [0, 0.1) is 5.82 Å². The van der Waals surface area contributed by atoms with E-state index in [-0.39, 0.29) is 5.82 Å². The molecular formula is C16H24FN3O. The Balaban J connectivity index is 1.59. The minimum Gasteiger partial charge on any atom is -0.379 e. The summed E-state index contributed by atoms with van der Waals surface area (Å²) in [7, 11) is 0. The van der Waals surface area contributed by atoms with Gasteiger partial charge in [-0.05, 0) is 11.6 Å². The second-order valence-electron chi connectivity index (χ2n) is 5.84. The second-order valence-corrected chi connectivity index (χ2v) is 5.84. The van der Waals surface area contributed by atoms with Gasteiger partial charge < -0.3 is 10.1 Å². The van der Waals surface area contributed by atoms with Crippen LogP contribution in [0.3, 0.4) is 0 Å². The normalized spacial score (nSPS) is 21.6. The molecule has 2 saturated heterocycles. The van der Waals surface area contributed by atoms with Crippen molar-refractivity contribution in [2.75, 3.05) is 52.5 Å². The first-order valence-electron chi connectivity index (χ1n) is 7.82. The number of halogens is 1. The average molecular weight is 293 g/mol. The predicted octanol–water partition coefficient (Wildman–Crippen LogP) is 1.06. The van der Waals surface area contributed by atoms with Gasteiger partial charge in [-0.2, -0.15) is 0 Å². The third-order valence-electron chi connectivity index (χ3n) is 4.23. The summed E-state index contributed by atoms with van der Waals surface area (Å²) in [4.78, 5) is 4.62. The maximum atomic E-state index is 14.3. The molecule has 0 aromatic heterocycles. The standard InChI is InChI=1S/C16H24FN3O/c17-16-11-14(12-19-5-3-18-4-6-19)1-2-15(16)13-20-7-9-21-10-8-20/h1-2,11,18H,3-10,12-13H2. The zero-order valence-electron chi connectivity index (χ0n) is 12.5. The molecule has 0 bridgehead atoms. The van der Waals surface area contributed by atoms with Crippen molar-refractivity contribution in [2.45, 2.75) is 13.1 Å². The molecule has 5 heteroatoms. The highest BCUT2D eigenvalue weighted by molar-refractivity contribution is 5.24. The van der Waals surface area contributed by atoms with Crippen LogP contribution in [0.4, 0.5) is 4.39 Å². The summed E-state index contributed by atoms with van der Waals surface area (Å²) in [6.07, 6.45) is 0. The van der Waals surface area contributed by atoms with E-state index in [1.54, 1.807) is 6.07 Å². The fraction of sp³-hybridized carbons (Fsp3) is 0.625. The van der Waals surface area contributed by atoms with Crippen LogP contribution in [0.25, 0.3) is 0 Å². The molecule has 1 aromatic rings. The number of ether oxygens (including phenoxy) is 1. The maximum Gasteiger partial charge on any atom is 0.128 e. The molecule has 116 valence electrons. The third-order valence-corrected chi connectivity index (χ3v) is 4.23. The van der Waals surface area contributed by atoms with Gasteiger partial charge in [0, 0.05) is 57.9 Å². The highest BCUT2D eigenvalue weighted by Crippen LogP contribution is 2.15. The van der Waals surface area contributed by atoms with E-state index in [1.165, 1.54) is 0 Å². The van der Waals surface area contributed by atoms with E-state index in [4.69, 9.17) is 4.74 Å². The Labute approximate surface area is 125 Å². The van der Waals surface area contributed by atoms with Crippen molar-refractivity contribution in [3.8, 4) is 0 Å². The van der Waals surface area contributed by atoms with Gasteiger partial charge in [-0.25, -0.2) is 4.39 Å². The summed E-state index contributed by atoms with van der Waals surface area (Å²) >= 11 is 0. The van der Waals surface area contributed by atoms with Crippen LogP contribution < -0.4 is 5.32 Å². The molecule has 0 unspecified atom stereocenters. The molecule has 4 nitrogen and oxygen atoms in total. The number of nitrogens with zero attached hydrogens (tertiary/aromatic N) is 2. The molecule has 0 amide bonds. The lowest BCUT2D eigenvalue weighted by Crippen LogP contribution is -2.42. The van der Waals surface area contributed by atoms with Crippen LogP contribution in [0.1, 0.15) is 11.1 Å². The maximum absolute atomic E-state index is 14.3. The first-order chi connectivity index (χ1) is 10.3. The Morgan fingerprint density at radius 2 is 1.71 bits per heavy atom. The van der Waals surface area contributed by atoms with Crippen LogP contribution in [-0.2, 0) is 17.8 Å². The van der Waals surface area contributed by atoms with E-state index in [2.05, 4.69) is 21.2 Å². The predicted molar refractivity (Wildman–Crippen MR) is 80.6 cm³/mol. The van der Waals surface area contributed by atoms with E-state index >= 15 is 0 Å². The number of hydrogen-bond donors (Lipinski definition) is 1. The Morgan fingerprint density at radius 1 is 1.00 bits per heavy atom. The Morgan fingerprint density at radius 3 is 2.43 bits per heavy atom. The molecular weight excluding hydrogens is 269 g/mol. The SMILES string of the molecule is Fc1cc(CN2CCNCC2)ccc1CN1CCOCC1. The quantitative estimate of drug-likeness (QED) is 0.898. The first-order valence-corrected chi connectivity index (χ1v) is 7.82. The van der Waals surface area contributed by atoms with Gasteiger partial charge in [0.1, 0.15) is 5.82 Å². The van der Waals surface area contributed by atoms with Gasteiger partial charge in [-0.3, -0.25) is 9.80 Å². The minimum absolute atomic E-state index is 0.0749. The van der Waals surface area contributed by atoms with Crippen molar-refractivity contribution in [2.24, 2.45) is 0 Å². The van der Waals surface area contributed by atoms with Crippen molar-refractivity contribution in [3.05, 3.63) is 35.1 Å². The van der Waals surface area contributed by atoms with E-state index in [0.29, 0.717) is 6.54 Å². The number of hydrogen-bond acceptors (Lipinski definition) is 4. The topological polar surface area (TPSA) is 27.7 Å². The summed E-state index contributed by atoms with van der Waals surface area (Å²) in [5.41, 5.74) is 1.86. The number of benzene rings is 1. The summed E-state index contributed by atoms with van der Waals surface area (Å²) < 4.78 is 19.6. The van der Waals surface area contributed by atoms with E-state index in [9.17, 15) is 4.39 Å². The van der Waals surface area contributed by atoms with Crippen LogP contribution in [0.2, 0.25) is 0 Å². The molecule has 3 rings (SSSR count). The molecule has 1 N–H and O–H groups in total. The van der Waals surface area contributed by atoms with Crippen molar-refractivity contribution < 1.29 is 9.13 Å². The highest BCUT2D eigenvalue weighted by Gasteiger charge is 2.14. The van der Waals surface area contributed by atoms with Gasteiger partial charge in [0.2, 0.25) is 0 Å². The fourth-order valence-corrected chi connectivity index (χ4v) is 2.95. The second kappa shape index (κ2) is 7.31. The Bertz CT molecular complexity index is 457. The lowest BCUT2D eigenvalue weighted by atomic mass is 10.1. The average Bonchev–Trinajstić information content (AvgIpc) is 2.52.